The molecule has 0 radical (unpaired) electrons. The Bertz CT molecular complexity index is 884. The van der Waals surface area contributed by atoms with E-state index >= 15 is 0 Å². The summed E-state index contributed by atoms with van der Waals surface area (Å²) in [5, 5.41) is 18.8. The van der Waals surface area contributed by atoms with Crippen molar-refractivity contribution in [3.05, 3.63) is 48.5 Å². The Balaban J connectivity index is 2.32. The summed E-state index contributed by atoms with van der Waals surface area (Å²) in [5.74, 6) is -0.919. The van der Waals surface area contributed by atoms with Crippen LogP contribution < -0.4 is 9.92 Å². The maximum atomic E-state index is 11.6. The van der Waals surface area contributed by atoms with Crippen molar-refractivity contribution < 1.29 is 27.9 Å². The summed E-state index contributed by atoms with van der Waals surface area (Å²) in [7, 11) is -1.75. The molecule has 0 spiro atoms. The number of nitrogens with zero attached hydrogens (tertiary/aromatic N) is 2. The van der Waals surface area contributed by atoms with E-state index in [1.54, 1.807) is 26.2 Å². The number of ether oxygens (including phenoxy) is 1. The molecule has 0 aliphatic heterocycles. The van der Waals surface area contributed by atoms with Gasteiger partial charge in [-0.3, -0.25) is 4.79 Å². The summed E-state index contributed by atoms with van der Waals surface area (Å²) in [6.45, 7) is 8.04. The Morgan fingerprint density at radius 1 is 1.00 bits per heavy atom. The summed E-state index contributed by atoms with van der Waals surface area (Å²) in [6, 6.07) is 14.6. The zero-order valence-corrected chi connectivity index (χ0v) is 20.3. The Morgan fingerprint density at radius 3 is 2.16 bits per heavy atom. The number of carbonyl (C=O) groups is 1. The zero-order chi connectivity index (χ0) is 23.6. The molecule has 1 N–H and O–H groups in total. The van der Waals surface area contributed by atoms with E-state index in [2.05, 4.69) is 10.2 Å². The standard InChI is InChI=1S/C23H32N2O6Si/c1-6-20(23(26)27)17(4)31-32(29-7-2,30-8-3)19-15-13-18(14-16-19)24-25-21-11-9-10-12-22(21)28-5/h9-17,20H,6-8H2,1-5H3,(H,26,27). The molecular formula is C23H32N2O6Si. The number of rotatable bonds is 13. The van der Waals surface area contributed by atoms with Crippen molar-refractivity contribution in [2.75, 3.05) is 20.3 Å². The van der Waals surface area contributed by atoms with Gasteiger partial charge in [0.25, 0.3) is 0 Å². The molecule has 0 aromatic heterocycles. The molecule has 0 bridgehead atoms. The highest BCUT2D eigenvalue weighted by atomic mass is 28.4. The van der Waals surface area contributed by atoms with Crippen LogP contribution in [0, 0.1) is 5.92 Å². The molecule has 174 valence electrons. The van der Waals surface area contributed by atoms with Crippen LogP contribution in [0.1, 0.15) is 34.1 Å². The van der Waals surface area contributed by atoms with Gasteiger partial charge in [-0.15, -0.1) is 5.11 Å². The Labute approximate surface area is 190 Å². The molecule has 0 aliphatic rings. The van der Waals surface area contributed by atoms with E-state index in [-0.39, 0.29) is 0 Å². The highest BCUT2D eigenvalue weighted by Gasteiger charge is 2.46. The van der Waals surface area contributed by atoms with Gasteiger partial charge in [0.15, 0.2) is 0 Å². The Morgan fingerprint density at radius 2 is 1.62 bits per heavy atom. The van der Waals surface area contributed by atoms with E-state index < -0.39 is 26.8 Å². The van der Waals surface area contributed by atoms with Crippen molar-refractivity contribution in [3.63, 3.8) is 0 Å². The van der Waals surface area contributed by atoms with Gasteiger partial charge in [-0.2, -0.15) is 5.11 Å². The van der Waals surface area contributed by atoms with Crippen molar-refractivity contribution in [2.45, 2.75) is 40.2 Å². The van der Waals surface area contributed by atoms with Crippen LogP contribution in [-0.4, -0.2) is 46.3 Å². The van der Waals surface area contributed by atoms with Crippen LogP contribution in [0.25, 0.3) is 0 Å². The first kappa shape index (κ1) is 25.7. The van der Waals surface area contributed by atoms with E-state index in [9.17, 15) is 9.90 Å². The fourth-order valence-electron chi connectivity index (χ4n) is 3.31. The third kappa shape index (κ3) is 6.46. The van der Waals surface area contributed by atoms with E-state index in [0.717, 1.165) is 5.19 Å². The van der Waals surface area contributed by atoms with Gasteiger partial charge < -0.3 is 23.1 Å². The minimum Gasteiger partial charge on any atom is -0.494 e. The summed E-state index contributed by atoms with van der Waals surface area (Å²) in [6.07, 6.45) is -0.131. The molecule has 2 atom stereocenters. The fraction of sp³-hybridized carbons (Fsp3) is 0.435. The van der Waals surface area contributed by atoms with Crippen LogP contribution in [0.3, 0.4) is 0 Å². The molecule has 9 heteroatoms. The third-order valence-corrected chi connectivity index (χ3v) is 7.97. The molecule has 8 nitrogen and oxygen atoms in total. The van der Waals surface area contributed by atoms with Gasteiger partial charge in [-0.25, -0.2) is 0 Å². The van der Waals surface area contributed by atoms with Crippen LogP contribution in [-0.2, 0) is 18.1 Å². The molecule has 32 heavy (non-hydrogen) atoms. The second kappa shape index (κ2) is 12.4. The van der Waals surface area contributed by atoms with Crippen molar-refractivity contribution in [3.8, 4) is 5.75 Å². The van der Waals surface area contributed by atoms with Crippen molar-refractivity contribution in [1.29, 1.82) is 0 Å². The highest BCUT2D eigenvalue weighted by molar-refractivity contribution is 6.75. The lowest BCUT2D eigenvalue weighted by Crippen LogP contribution is -2.59. The lowest BCUT2D eigenvalue weighted by Gasteiger charge is -2.33. The Hall–Kier alpha value is -2.59. The highest BCUT2D eigenvalue weighted by Crippen LogP contribution is 2.28. The number of hydrogen-bond acceptors (Lipinski definition) is 7. The maximum Gasteiger partial charge on any atom is 0.537 e. The van der Waals surface area contributed by atoms with Crippen LogP contribution >= 0.6 is 0 Å². The number of hydrogen-bond donors (Lipinski definition) is 1. The van der Waals surface area contributed by atoms with Crippen molar-refractivity contribution >= 4 is 31.3 Å². The average molecular weight is 461 g/mol. The molecule has 0 saturated heterocycles. The summed E-state index contributed by atoms with van der Waals surface area (Å²) in [5.41, 5.74) is 1.27. The predicted molar refractivity (Wildman–Crippen MR) is 124 cm³/mol. The maximum absolute atomic E-state index is 11.6. The number of aliphatic carboxylic acids is 1. The first-order valence-corrected chi connectivity index (χ1v) is 12.5. The van der Waals surface area contributed by atoms with Gasteiger partial charge in [0.2, 0.25) is 0 Å². The summed E-state index contributed by atoms with van der Waals surface area (Å²) >= 11 is 0. The van der Waals surface area contributed by atoms with E-state index in [4.69, 9.17) is 18.0 Å². The predicted octanol–water partition coefficient (Wildman–Crippen LogP) is 4.85. The molecule has 0 aliphatic carbocycles. The number of carboxylic acids is 1. The molecule has 2 rings (SSSR count). The minimum atomic E-state index is -3.34. The second-order valence-corrected chi connectivity index (χ2v) is 9.52. The molecule has 0 fully saturated rings. The Kier molecular flexibility index (Phi) is 9.98. The molecule has 0 saturated carbocycles. The largest absolute Gasteiger partial charge is 0.537 e. The molecule has 2 aromatic rings. The van der Waals surface area contributed by atoms with Crippen molar-refractivity contribution in [2.24, 2.45) is 16.1 Å². The van der Waals surface area contributed by atoms with Crippen LogP contribution in [0.4, 0.5) is 11.4 Å². The van der Waals surface area contributed by atoms with Crippen molar-refractivity contribution in [1.82, 2.24) is 0 Å². The number of methoxy groups -OCH3 is 1. The quantitative estimate of drug-likeness (QED) is 0.339. The van der Waals surface area contributed by atoms with Gasteiger partial charge in [-0.1, -0.05) is 31.2 Å². The topological polar surface area (TPSA) is 98.9 Å². The normalized spacial score (nSPS) is 13.8. The molecule has 0 amide bonds. The van der Waals surface area contributed by atoms with Gasteiger partial charge >= 0.3 is 14.8 Å². The third-order valence-electron chi connectivity index (χ3n) is 4.91. The lowest BCUT2D eigenvalue weighted by molar-refractivity contribution is -0.145. The van der Waals surface area contributed by atoms with Crippen LogP contribution in [0.2, 0.25) is 0 Å². The van der Waals surface area contributed by atoms with Gasteiger partial charge in [0.05, 0.1) is 24.8 Å². The van der Waals surface area contributed by atoms with Crippen LogP contribution in [0.15, 0.2) is 58.8 Å². The lowest BCUT2D eigenvalue weighted by atomic mass is 10.0. The fourth-order valence-corrected chi connectivity index (χ4v) is 5.99. The van der Waals surface area contributed by atoms with Crippen LogP contribution in [0.5, 0.6) is 5.75 Å². The zero-order valence-electron chi connectivity index (χ0n) is 19.3. The number of benzene rings is 2. The van der Waals surface area contributed by atoms with Gasteiger partial charge in [0.1, 0.15) is 11.4 Å². The molecular weight excluding hydrogens is 428 g/mol. The minimum absolute atomic E-state index is 0.373. The second-order valence-electron chi connectivity index (χ2n) is 7.02. The summed E-state index contributed by atoms with van der Waals surface area (Å²) < 4.78 is 23.6. The number of carboxylic acid groups (broad SMARTS) is 1. The van der Waals surface area contributed by atoms with Gasteiger partial charge in [-0.05, 0) is 51.5 Å². The monoisotopic (exact) mass is 460 g/mol. The number of azo groups is 1. The molecule has 0 heterocycles. The van der Waals surface area contributed by atoms with E-state index in [1.165, 1.54) is 0 Å². The average Bonchev–Trinajstić information content (AvgIpc) is 2.78. The first-order chi connectivity index (χ1) is 15.4. The van der Waals surface area contributed by atoms with E-state index in [0.29, 0.717) is 36.8 Å². The van der Waals surface area contributed by atoms with E-state index in [1.807, 2.05) is 57.2 Å². The number of para-hydroxylation sites is 1. The molecule has 2 aromatic carbocycles. The smallest absolute Gasteiger partial charge is 0.494 e. The molecule has 2 unspecified atom stereocenters. The first-order valence-electron chi connectivity index (χ1n) is 10.7. The summed E-state index contributed by atoms with van der Waals surface area (Å²) in [4.78, 5) is 11.6. The SMILES string of the molecule is CCO[Si](OCC)(OC(C)C(CC)C(=O)O)c1ccc(N=Nc2ccccc2OC)cc1. The van der Waals surface area contributed by atoms with Gasteiger partial charge in [0, 0.05) is 18.4 Å².